The summed E-state index contributed by atoms with van der Waals surface area (Å²) in [5.74, 6) is 0.410. The lowest BCUT2D eigenvalue weighted by Gasteiger charge is -2.14. The standard InChI is InChI=1S/C11H12F3N5/c1-19-6-17-10(18-19)5-16-9-3-2-7(15)4-8(9)11(12,13)14/h2-4,6,16H,5,15H2,1H3. The molecule has 0 saturated carbocycles. The summed E-state index contributed by atoms with van der Waals surface area (Å²) in [7, 11) is 1.68. The molecule has 0 aliphatic heterocycles. The second-order valence-electron chi connectivity index (χ2n) is 3.99. The average molecular weight is 271 g/mol. The van der Waals surface area contributed by atoms with E-state index in [1.165, 1.54) is 23.1 Å². The van der Waals surface area contributed by atoms with Crippen LogP contribution in [-0.2, 0) is 19.8 Å². The summed E-state index contributed by atoms with van der Waals surface area (Å²) in [5.41, 5.74) is 4.59. The zero-order chi connectivity index (χ0) is 14.0. The van der Waals surface area contributed by atoms with Crippen LogP contribution in [0.15, 0.2) is 24.5 Å². The number of benzene rings is 1. The van der Waals surface area contributed by atoms with Crippen molar-refractivity contribution < 1.29 is 13.2 Å². The molecule has 0 aliphatic rings. The maximum absolute atomic E-state index is 12.8. The van der Waals surface area contributed by atoms with Crippen LogP contribution >= 0.6 is 0 Å². The van der Waals surface area contributed by atoms with Crippen molar-refractivity contribution in [3.8, 4) is 0 Å². The van der Waals surface area contributed by atoms with Gasteiger partial charge < -0.3 is 11.1 Å². The van der Waals surface area contributed by atoms with Crippen LogP contribution in [0.1, 0.15) is 11.4 Å². The quantitative estimate of drug-likeness (QED) is 0.838. The SMILES string of the molecule is Cn1cnc(CNc2ccc(N)cc2C(F)(F)F)n1. The monoisotopic (exact) mass is 271 g/mol. The molecule has 0 spiro atoms. The number of aryl methyl sites for hydroxylation is 1. The highest BCUT2D eigenvalue weighted by molar-refractivity contribution is 5.59. The molecular weight excluding hydrogens is 259 g/mol. The smallest absolute Gasteiger partial charge is 0.399 e. The Morgan fingerprint density at radius 1 is 1.37 bits per heavy atom. The molecule has 1 aromatic carbocycles. The molecule has 0 amide bonds. The van der Waals surface area contributed by atoms with Crippen molar-refractivity contribution >= 4 is 11.4 Å². The van der Waals surface area contributed by atoms with Crippen LogP contribution in [0.3, 0.4) is 0 Å². The summed E-state index contributed by atoms with van der Waals surface area (Å²) in [5, 5.41) is 6.64. The number of nitrogen functional groups attached to an aromatic ring is 1. The number of hydrogen-bond acceptors (Lipinski definition) is 4. The van der Waals surface area contributed by atoms with E-state index in [2.05, 4.69) is 15.4 Å². The molecule has 1 aromatic heterocycles. The molecule has 0 bridgehead atoms. The van der Waals surface area contributed by atoms with E-state index in [4.69, 9.17) is 5.73 Å². The summed E-state index contributed by atoms with van der Waals surface area (Å²) in [6, 6.07) is 3.60. The van der Waals surface area contributed by atoms with E-state index >= 15 is 0 Å². The summed E-state index contributed by atoms with van der Waals surface area (Å²) >= 11 is 0. The summed E-state index contributed by atoms with van der Waals surface area (Å²) in [4.78, 5) is 3.92. The number of aromatic nitrogens is 3. The van der Waals surface area contributed by atoms with E-state index in [-0.39, 0.29) is 17.9 Å². The summed E-state index contributed by atoms with van der Waals surface area (Å²) in [6.07, 6.45) is -2.99. The molecule has 102 valence electrons. The van der Waals surface area contributed by atoms with Crippen molar-refractivity contribution in [3.63, 3.8) is 0 Å². The van der Waals surface area contributed by atoms with Gasteiger partial charge in [-0.3, -0.25) is 4.68 Å². The highest BCUT2D eigenvalue weighted by atomic mass is 19.4. The van der Waals surface area contributed by atoms with Gasteiger partial charge in [0.2, 0.25) is 0 Å². The van der Waals surface area contributed by atoms with Gasteiger partial charge >= 0.3 is 6.18 Å². The van der Waals surface area contributed by atoms with Crippen molar-refractivity contribution in [2.45, 2.75) is 12.7 Å². The molecule has 8 heteroatoms. The second-order valence-corrected chi connectivity index (χ2v) is 3.99. The average Bonchev–Trinajstić information content (AvgIpc) is 2.72. The van der Waals surface area contributed by atoms with Crippen molar-refractivity contribution in [3.05, 3.63) is 35.9 Å². The van der Waals surface area contributed by atoms with Crippen LogP contribution in [0.25, 0.3) is 0 Å². The Labute approximate surface area is 107 Å². The Hall–Kier alpha value is -2.25. The Morgan fingerprint density at radius 2 is 2.11 bits per heavy atom. The Kier molecular flexibility index (Phi) is 3.32. The highest BCUT2D eigenvalue weighted by Gasteiger charge is 2.33. The third-order valence-electron chi connectivity index (χ3n) is 2.43. The topological polar surface area (TPSA) is 68.8 Å². The Morgan fingerprint density at radius 3 is 2.68 bits per heavy atom. The van der Waals surface area contributed by atoms with Crippen molar-refractivity contribution in [1.82, 2.24) is 14.8 Å². The highest BCUT2D eigenvalue weighted by Crippen LogP contribution is 2.36. The third kappa shape index (κ3) is 3.15. The van der Waals surface area contributed by atoms with Crippen LogP contribution in [0.2, 0.25) is 0 Å². The molecule has 1 heterocycles. The number of anilines is 2. The van der Waals surface area contributed by atoms with E-state index in [0.29, 0.717) is 5.82 Å². The largest absolute Gasteiger partial charge is 0.418 e. The van der Waals surface area contributed by atoms with Crippen LogP contribution < -0.4 is 11.1 Å². The molecule has 0 saturated heterocycles. The first-order valence-corrected chi connectivity index (χ1v) is 5.41. The number of alkyl halides is 3. The zero-order valence-electron chi connectivity index (χ0n) is 10.1. The normalized spacial score (nSPS) is 11.6. The molecule has 5 nitrogen and oxygen atoms in total. The molecule has 0 atom stereocenters. The molecule has 0 unspecified atom stereocenters. The molecule has 0 aliphatic carbocycles. The molecule has 2 aromatic rings. The van der Waals surface area contributed by atoms with Gasteiger partial charge in [-0.2, -0.15) is 18.3 Å². The first-order valence-electron chi connectivity index (χ1n) is 5.41. The molecule has 0 radical (unpaired) electrons. The minimum atomic E-state index is -4.46. The van der Waals surface area contributed by atoms with Crippen molar-refractivity contribution in [2.24, 2.45) is 7.05 Å². The maximum atomic E-state index is 12.8. The first kappa shape index (κ1) is 13.2. The van der Waals surface area contributed by atoms with Crippen molar-refractivity contribution in [2.75, 3.05) is 11.1 Å². The molecular formula is C11H12F3N5. The fourth-order valence-corrected chi connectivity index (χ4v) is 1.59. The fourth-order valence-electron chi connectivity index (χ4n) is 1.59. The van der Waals surface area contributed by atoms with Crippen molar-refractivity contribution in [1.29, 1.82) is 0 Å². The predicted octanol–water partition coefficient (Wildman–Crippen LogP) is 2.03. The third-order valence-corrected chi connectivity index (χ3v) is 2.43. The number of rotatable bonds is 3. The van der Waals surface area contributed by atoms with E-state index in [9.17, 15) is 13.2 Å². The van der Waals surface area contributed by atoms with Gasteiger partial charge in [-0.15, -0.1) is 0 Å². The predicted molar refractivity (Wildman–Crippen MR) is 64.2 cm³/mol. The first-order chi connectivity index (χ1) is 8.86. The lowest BCUT2D eigenvalue weighted by molar-refractivity contribution is -0.136. The Balaban J connectivity index is 2.20. The van der Waals surface area contributed by atoms with E-state index in [1.807, 2.05) is 0 Å². The van der Waals surface area contributed by atoms with Gasteiger partial charge in [-0.05, 0) is 18.2 Å². The molecule has 0 fully saturated rings. The van der Waals surface area contributed by atoms with Gasteiger partial charge in [-0.25, -0.2) is 4.98 Å². The lowest BCUT2D eigenvalue weighted by Crippen LogP contribution is -2.12. The van der Waals surface area contributed by atoms with Gasteiger partial charge in [-0.1, -0.05) is 0 Å². The van der Waals surface area contributed by atoms with Crippen LogP contribution in [0, 0.1) is 0 Å². The van der Waals surface area contributed by atoms with Crippen LogP contribution in [0.4, 0.5) is 24.5 Å². The van der Waals surface area contributed by atoms with Gasteiger partial charge in [0.05, 0.1) is 12.1 Å². The minimum absolute atomic E-state index is 0.0471. The molecule has 2 rings (SSSR count). The Bertz CT molecular complexity index is 576. The van der Waals surface area contributed by atoms with Gasteiger partial charge in [0.1, 0.15) is 6.33 Å². The van der Waals surface area contributed by atoms with Gasteiger partial charge in [0.25, 0.3) is 0 Å². The minimum Gasteiger partial charge on any atom is -0.399 e. The van der Waals surface area contributed by atoms with Gasteiger partial charge in [0, 0.05) is 18.4 Å². The van der Waals surface area contributed by atoms with Crippen LogP contribution in [-0.4, -0.2) is 14.8 Å². The van der Waals surface area contributed by atoms with E-state index in [1.54, 1.807) is 7.05 Å². The summed E-state index contributed by atoms with van der Waals surface area (Å²) < 4.78 is 40.0. The number of nitrogens with one attached hydrogen (secondary N) is 1. The van der Waals surface area contributed by atoms with E-state index in [0.717, 1.165) is 6.07 Å². The second kappa shape index (κ2) is 4.79. The maximum Gasteiger partial charge on any atom is 0.418 e. The molecule has 3 N–H and O–H groups in total. The fraction of sp³-hybridized carbons (Fsp3) is 0.273. The number of halogens is 3. The van der Waals surface area contributed by atoms with Gasteiger partial charge in [0.15, 0.2) is 5.82 Å². The molecule has 19 heavy (non-hydrogen) atoms. The number of nitrogens with zero attached hydrogens (tertiary/aromatic N) is 3. The summed E-state index contributed by atoms with van der Waals surface area (Å²) in [6.45, 7) is 0.105. The number of nitrogens with two attached hydrogens (primary N) is 1. The lowest BCUT2D eigenvalue weighted by atomic mass is 10.1. The van der Waals surface area contributed by atoms with Crippen LogP contribution in [0.5, 0.6) is 0 Å². The number of hydrogen-bond donors (Lipinski definition) is 2. The van der Waals surface area contributed by atoms with E-state index < -0.39 is 11.7 Å². The zero-order valence-corrected chi connectivity index (χ0v) is 10.1.